The van der Waals surface area contributed by atoms with Gasteiger partial charge in [-0.25, -0.2) is 0 Å². The van der Waals surface area contributed by atoms with Crippen molar-refractivity contribution in [3.63, 3.8) is 0 Å². The van der Waals surface area contributed by atoms with Crippen molar-refractivity contribution in [3.8, 4) is 28.0 Å². The summed E-state index contributed by atoms with van der Waals surface area (Å²) < 4.78 is 5.40. The molecule has 25 heavy (non-hydrogen) atoms. The molecule has 0 radical (unpaired) electrons. The number of nitrogens with zero attached hydrogens (tertiary/aromatic N) is 1. The van der Waals surface area contributed by atoms with E-state index in [1.165, 1.54) is 0 Å². The van der Waals surface area contributed by atoms with Gasteiger partial charge in [0.05, 0.1) is 18.4 Å². The van der Waals surface area contributed by atoms with Crippen LogP contribution in [-0.2, 0) is 0 Å². The minimum absolute atomic E-state index is 0.298. The van der Waals surface area contributed by atoms with E-state index in [4.69, 9.17) is 16.2 Å². The maximum atomic E-state index is 11.9. The highest BCUT2D eigenvalue weighted by Crippen LogP contribution is 2.37. The lowest BCUT2D eigenvalue weighted by atomic mass is 9.92. The number of rotatable bonds is 4. The van der Waals surface area contributed by atoms with E-state index in [0.717, 1.165) is 33.6 Å². The van der Waals surface area contributed by atoms with Crippen molar-refractivity contribution < 1.29 is 9.53 Å². The van der Waals surface area contributed by atoms with Crippen LogP contribution in [0.3, 0.4) is 0 Å². The van der Waals surface area contributed by atoms with Crippen LogP contribution < -0.4 is 16.2 Å². The van der Waals surface area contributed by atoms with Crippen LogP contribution >= 0.6 is 0 Å². The van der Waals surface area contributed by atoms with E-state index in [1.807, 2.05) is 43.3 Å². The molecule has 2 aromatic carbocycles. The number of carbonyl (C=O) groups is 1. The Kier molecular flexibility index (Phi) is 4.39. The number of hydrogen-bond acceptors (Lipinski definition) is 4. The minimum Gasteiger partial charge on any atom is -0.496 e. The summed E-state index contributed by atoms with van der Waals surface area (Å²) in [5.74, 6) is 0.196. The number of methoxy groups -OCH3 is 1. The molecule has 0 atom stereocenters. The first-order valence-corrected chi connectivity index (χ1v) is 7.80. The molecule has 0 spiro atoms. The fourth-order valence-electron chi connectivity index (χ4n) is 2.92. The molecule has 0 saturated heterocycles. The van der Waals surface area contributed by atoms with E-state index in [9.17, 15) is 4.79 Å². The molecule has 3 aromatic rings. The van der Waals surface area contributed by atoms with Crippen LogP contribution in [0.4, 0.5) is 5.69 Å². The van der Waals surface area contributed by atoms with Gasteiger partial charge in [-0.1, -0.05) is 12.1 Å². The van der Waals surface area contributed by atoms with Gasteiger partial charge in [0.15, 0.2) is 0 Å². The number of primary amides is 1. The quantitative estimate of drug-likeness (QED) is 0.716. The highest BCUT2D eigenvalue weighted by atomic mass is 16.5. The second-order valence-corrected chi connectivity index (χ2v) is 5.72. The standard InChI is InChI=1S/C20H19N3O2/c1-12-15(4-3-5-18(12)25-2)16-10-14(13-6-8-23-9-7-13)11-17(19(16)21)20(22)24/h3-11H,21H2,1-2H3,(H2,22,24). The van der Waals surface area contributed by atoms with Crippen molar-refractivity contribution in [2.24, 2.45) is 5.73 Å². The van der Waals surface area contributed by atoms with Crippen LogP contribution in [0.25, 0.3) is 22.3 Å². The van der Waals surface area contributed by atoms with Crippen LogP contribution in [0.1, 0.15) is 15.9 Å². The number of amides is 1. The second-order valence-electron chi connectivity index (χ2n) is 5.72. The number of benzene rings is 2. The Labute approximate surface area is 146 Å². The lowest BCUT2D eigenvalue weighted by Gasteiger charge is -2.16. The number of ether oxygens (including phenoxy) is 1. The molecule has 1 amide bonds. The van der Waals surface area contributed by atoms with Crippen LogP contribution in [0.15, 0.2) is 54.9 Å². The number of carbonyl (C=O) groups excluding carboxylic acids is 1. The molecule has 0 aliphatic carbocycles. The summed E-state index contributed by atoms with van der Waals surface area (Å²) in [5.41, 5.74) is 16.8. The summed E-state index contributed by atoms with van der Waals surface area (Å²) in [6, 6.07) is 13.1. The van der Waals surface area contributed by atoms with Gasteiger partial charge in [-0.3, -0.25) is 9.78 Å². The molecule has 0 aliphatic heterocycles. The average Bonchev–Trinajstić information content (AvgIpc) is 2.63. The van der Waals surface area contributed by atoms with E-state index >= 15 is 0 Å². The van der Waals surface area contributed by atoms with Gasteiger partial charge < -0.3 is 16.2 Å². The molecule has 0 aliphatic rings. The van der Waals surface area contributed by atoms with Crippen LogP contribution in [0, 0.1) is 6.92 Å². The highest BCUT2D eigenvalue weighted by Gasteiger charge is 2.17. The fourth-order valence-corrected chi connectivity index (χ4v) is 2.92. The first kappa shape index (κ1) is 16.5. The van der Waals surface area contributed by atoms with Gasteiger partial charge in [0.25, 0.3) is 5.91 Å². The zero-order valence-corrected chi connectivity index (χ0v) is 14.1. The van der Waals surface area contributed by atoms with Crippen LogP contribution in [0.5, 0.6) is 5.75 Å². The van der Waals surface area contributed by atoms with E-state index in [1.54, 1.807) is 25.6 Å². The van der Waals surface area contributed by atoms with Crippen molar-refractivity contribution in [3.05, 3.63) is 66.0 Å². The topological polar surface area (TPSA) is 91.2 Å². The third-order valence-electron chi connectivity index (χ3n) is 4.25. The molecule has 1 heterocycles. The predicted molar refractivity (Wildman–Crippen MR) is 99.3 cm³/mol. The SMILES string of the molecule is COc1cccc(-c2cc(-c3ccncc3)cc(C(N)=O)c2N)c1C. The number of pyridine rings is 1. The Morgan fingerprint density at radius 2 is 1.76 bits per heavy atom. The number of anilines is 1. The monoisotopic (exact) mass is 333 g/mol. The first-order chi connectivity index (χ1) is 12.0. The molecule has 0 fully saturated rings. The van der Waals surface area contributed by atoms with Crippen LogP contribution in [0.2, 0.25) is 0 Å². The van der Waals surface area contributed by atoms with Gasteiger partial charge in [-0.05, 0) is 59.5 Å². The Morgan fingerprint density at radius 3 is 2.40 bits per heavy atom. The second kappa shape index (κ2) is 6.65. The Hall–Kier alpha value is -3.34. The molecule has 5 heteroatoms. The summed E-state index contributed by atoms with van der Waals surface area (Å²) in [7, 11) is 1.62. The number of hydrogen-bond donors (Lipinski definition) is 2. The Balaban J connectivity index is 2.30. The zero-order valence-electron chi connectivity index (χ0n) is 14.1. The first-order valence-electron chi connectivity index (χ1n) is 7.80. The third-order valence-corrected chi connectivity index (χ3v) is 4.25. The highest BCUT2D eigenvalue weighted by molar-refractivity contribution is 6.03. The number of nitrogen functional groups attached to an aromatic ring is 1. The number of nitrogens with two attached hydrogens (primary N) is 2. The molecule has 1 aromatic heterocycles. The molecule has 0 saturated carbocycles. The van der Waals surface area contributed by atoms with Gasteiger partial charge in [0, 0.05) is 18.0 Å². The molecular weight excluding hydrogens is 314 g/mol. The largest absolute Gasteiger partial charge is 0.496 e. The molecular formula is C20H19N3O2. The molecule has 126 valence electrons. The molecule has 0 unspecified atom stereocenters. The average molecular weight is 333 g/mol. The van der Waals surface area contributed by atoms with E-state index in [-0.39, 0.29) is 0 Å². The van der Waals surface area contributed by atoms with Gasteiger partial charge in [0.1, 0.15) is 5.75 Å². The van der Waals surface area contributed by atoms with E-state index < -0.39 is 5.91 Å². The Bertz CT molecular complexity index is 937. The molecule has 5 nitrogen and oxygen atoms in total. The van der Waals surface area contributed by atoms with E-state index in [2.05, 4.69) is 4.98 Å². The molecule has 4 N–H and O–H groups in total. The van der Waals surface area contributed by atoms with Gasteiger partial charge >= 0.3 is 0 Å². The predicted octanol–water partition coefficient (Wildman–Crippen LogP) is 3.41. The van der Waals surface area contributed by atoms with E-state index in [0.29, 0.717) is 11.3 Å². The van der Waals surface area contributed by atoms with Crippen molar-refractivity contribution in [2.75, 3.05) is 12.8 Å². The summed E-state index contributed by atoms with van der Waals surface area (Å²) >= 11 is 0. The summed E-state index contributed by atoms with van der Waals surface area (Å²) in [4.78, 5) is 15.9. The maximum absolute atomic E-state index is 11.9. The maximum Gasteiger partial charge on any atom is 0.250 e. The van der Waals surface area contributed by atoms with Gasteiger partial charge in [-0.2, -0.15) is 0 Å². The lowest BCUT2D eigenvalue weighted by molar-refractivity contribution is 0.100. The lowest BCUT2D eigenvalue weighted by Crippen LogP contribution is -2.14. The summed E-state index contributed by atoms with van der Waals surface area (Å²) in [6.07, 6.45) is 3.40. The Morgan fingerprint density at radius 1 is 1.04 bits per heavy atom. The summed E-state index contributed by atoms with van der Waals surface area (Å²) in [6.45, 7) is 1.96. The van der Waals surface area contributed by atoms with Crippen molar-refractivity contribution in [2.45, 2.75) is 6.92 Å². The van der Waals surface area contributed by atoms with Gasteiger partial charge in [-0.15, -0.1) is 0 Å². The van der Waals surface area contributed by atoms with Crippen molar-refractivity contribution in [1.29, 1.82) is 0 Å². The van der Waals surface area contributed by atoms with Gasteiger partial charge in [0.2, 0.25) is 0 Å². The van der Waals surface area contributed by atoms with Crippen molar-refractivity contribution >= 4 is 11.6 Å². The fraction of sp³-hybridized carbons (Fsp3) is 0.100. The zero-order chi connectivity index (χ0) is 18.0. The number of aromatic nitrogens is 1. The molecule has 0 bridgehead atoms. The van der Waals surface area contributed by atoms with Crippen LogP contribution in [-0.4, -0.2) is 18.0 Å². The van der Waals surface area contributed by atoms with Crippen molar-refractivity contribution in [1.82, 2.24) is 4.98 Å². The molecule has 3 rings (SSSR count). The minimum atomic E-state index is -0.560. The smallest absolute Gasteiger partial charge is 0.250 e. The third kappa shape index (κ3) is 3.04. The normalized spacial score (nSPS) is 10.5. The summed E-state index contributed by atoms with van der Waals surface area (Å²) in [5, 5.41) is 0.